The molecule has 1 aliphatic carbocycles. The van der Waals surface area contributed by atoms with E-state index in [0.29, 0.717) is 19.1 Å². The molecule has 1 fully saturated rings. The van der Waals surface area contributed by atoms with Gasteiger partial charge in [-0.25, -0.2) is 0 Å². The quantitative estimate of drug-likeness (QED) is 0.780. The maximum Gasteiger partial charge on any atom is 0.237 e. The van der Waals surface area contributed by atoms with Crippen LogP contribution in [0.4, 0.5) is 0 Å². The van der Waals surface area contributed by atoms with Gasteiger partial charge in [-0.1, -0.05) is 19.3 Å². The summed E-state index contributed by atoms with van der Waals surface area (Å²) in [4.78, 5) is 16.8. The van der Waals surface area contributed by atoms with Crippen LogP contribution >= 0.6 is 0 Å². The Labute approximate surface area is 124 Å². The first-order valence-electron chi connectivity index (χ1n) is 8.13. The number of hydrogen-bond donors (Lipinski definition) is 1. The van der Waals surface area contributed by atoms with E-state index in [2.05, 4.69) is 37.5 Å². The van der Waals surface area contributed by atoms with Crippen molar-refractivity contribution in [1.29, 1.82) is 0 Å². The van der Waals surface area contributed by atoms with Crippen LogP contribution in [-0.2, 0) is 4.79 Å². The third-order valence-electron chi connectivity index (χ3n) is 4.27. The molecule has 0 unspecified atom stereocenters. The summed E-state index contributed by atoms with van der Waals surface area (Å²) in [6.45, 7) is 9.46. The molecule has 0 aromatic rings. The summed E-state index contributed by atoms with van der Waals surface area (Å²) < 4.78 is 0. The Morgan fingerprint density at radius 3 is 2.15 bits per heavy atom. The highest BCUT2D eigenvalue weighted by molar-refractivity contribution is 5.79. The second-order valence-electron chi connectivity index (χ2n) is 6.47. The zero-order chi connectivity index (χ0) is 15.1. The van der Waals surface area contributed by atoms with Crippen LogP contribution in [0.5, 0.6) is 0 Å². The Kier molecular flexibility index (Phi) is 7.52. The van der Waals surface area contributed by atoms with E-state index in [1.165, 1.54) is 19.3 Å². The standard InChI is InChI=1S/C16H32N2O2/c1-13(2)17(10-11-19)12-16(20)18(14(3)4)15-8-6-5-7-9-15/h13-15,19H,5-12H2,1-4H3. The molecule has 0 radical (unpaired) electrons. The van der Waals surface area contributed by atoms with E-state index in [-0.39, 0.29) is 24.6 Å². The van der Waals surface area contributed by atoms with Crippen molar-refractivity contribution in [3.63, 3.8) is 0 Å². The molecule has 0 aromatic carbocycles. The van der Waals surface area contributed by atoms with Crippen LogP contribution in [0.2, 0.25) is 0 Å². The molecule has 1 rings (SSSR count). The molecule has 1 N–H and O–H groups in total. The van der Waals surface area contributed by atoms with Crippen molar-refractivity contribution in [1.82, 2.24) is 9.80 Å². The number of amides is 1. The number of hydrogen-bond acceptors (Lipinski definition) is 3. The molecule has 0 bridgehead atoms. The van der Waals surface area contributed by atoms with E-state index in [9.17, 15) is 4.79 Å². The number of nitrogens with zero attached hydrogens (tertiary/aromatic N) is 2. The Morgan fingerprint density at radius 1 is 1.10 bits per heavy atom. The largest absolute Gasteiger partial charge is 0.395 e. The van der Waals surface area contributed by atoms with Gasteiger partial charge < -0.3 is 10.0 Å². The molecule has 0 saturated heterocycles. The Hall–Kier alpha value is -0.610. The fraction of sp³-hybridized carbons (Fsp3) is 0.938. The van der Waals surface area contributed by atoms with Crippen LogP contribution in [0.15, 0.2) is 0 Å². The highest BCUT2D eigenvalue weighted by Crippen LogP contribution is 2.24. The van der Waals surface area contributed by atoms with Gasteiger partial charge in [-0.05, 0) is 40.5 Å². The third kappa shape index (κ3) is 5.06. The van der Waals surface area contributed by atoms with Crippen molar-refractivity contribution in [2.75, 3.05) is 19.7 Å². The minimum Gasteiger partial charge on any atom is -0.395 e. The first-order chi connectivity index (χ1) is 9.47. The van der Waals surface area contributed by atoms with Gasteiger partial charge in [0.1, 0.15) is 0 Å². The fourth-order valence-electron chi connectivity index (χ4n) is 3.18. The van der Waals surface area contributed by atoms with Crippen molar-refractivity contribution >= 4 is 5.91 Å². The van der Waals surface area contributed by atoms with E-state index in [1.807, 2.05) is 0 Å². The van der Waals surface area contributed by atoms with Gasteiger partial charge in [0.15, 0.2) is 0 Å². The second-order valence-corrected chi connectivity index (χ2v) is 6.47. The van der Waals surface area contributed by atoms with E-state index >= 15 is 0 Å². The van der Waals surface area contributed by atoms with Crippen molar-refractivity contribution < 1.29 is 9.90 Å². The van der Waals surface area contributed by atoms with E-state index in [0.717, 1.165) is 12.8 Å². The summed E-state index contributed by atoms with van der Waals surface area (Å²) >= 11 is 0. The van der Waals surface area contributed by atoms with Gasteiger partial charge in [0, 0.05) is 24.7 Å². The summed E-state index contributed by atoms with van der Waals surface area (Å²) in [6, 6.07) is 0.958. The Bertz CT molecular complexity index is 286. The molecule has 4 heteroatoms. The van der Waals surface area contributed by atoms with E-state index in [1.54, 1.807) is 0 Å². The van der Waals surface area contributed by atoms with Gasteiger partial charge in [-0.15, -0.1) is 0 Å². The van der Waals surface area contributed by atoms with Gasteiger partial charge in [-0.3, -0.25) is 9.69 Å². The van der Waals surface area contributed by atoms with Crippen LogP contribution in [-0.4, -0.2) is 58.6 Å². The Balaban J connectivity index is 2.67. The molecule has 0 aromatic heterocycles. The molecule has 0 aliphatic heterocycles. The van der Waals surface area contributed by atoms with Gasteiger partial charge >= 0.3 is 0 Å². The smallest absolute Gasteiger partial charge is 0.237 e. The molecule has 118 valence electrons. The molecule has 1 aliphatic rings. The van der Waals surface area contributed by atoms with Crippen molar-refractivity contribution in [3.05, 3.63) is 0 Å². The van der Waals surface area contributed by atoms with Crippen LogP contribution in [0, 0.1) is 0 Å². The summed E-state index contributed by atoms with van der Waals surface area (Å²) in [5.74, 6) is 0.217. The topological polar surface area (TPSA) is 43.8 Å². The predicted octanol–water partition coefficient (Wildman–Crippen LogP) is 2.26. The predicted molar refractivity (Wildman–Crippen MR) is 82.6 cm³/mol. The van der Waals surface area contributed by atoms with Gasteiger partial charge in [0.05, 0.1) is 13.2 Å². The van der Waals surface area contributed by atoms with Gasteiger partial charge in [-0.2, -0.15) is 0 Å². The lowest BCUT2D eigenvalue weighted by Crippen LogP contribution is -2.51. The second kappa shape index (κ2) is 8.63. The number of carbonyl (C=O) groups excluding carboxylic acids is 1. The van der Waals surface area contributed by atoms with E-state index < -0.39 is 0 Å². The molecule has 20 heavy (non-hydrogen) atoms. The van der Waals surface area contributed by atoms with Crippen molar-refractivity contribution in [2.24, 2.45) is 0 Å². The summed E-state index contributed by atoms with van der Waals surface area (Å²) in [6.07, 6.45) is 6.08. The molecular formula is C16H32N2O2. The van der Waals surface area contributed by atoms with Gasteiger partial charge in [0.2, 0.25) is 5.91 Å². The summed E-state index contributed by atoms with van der Waals surface area (Å²) in [7, 11) is 0. The zero-order valence-corrected chi connectivity index (χ0v) is 13.6. The Morgan fingerprint density at radius 2 is 1.70 bits per heavy atom. The van der Waals surface area contributed by atoms with Crippen LogP contribution < -0.4 is 0 Å². The first-order valence-corrected chi connectivity index (χ1v) is 8.13. The monoisotopic (exact) mass is 284 g/mol. The normalized spacial score (nSPS) is 17.2. The molecule has 0 atom stereocenters. The first kappa shape index (κ1) is 17.4. The van der Waals surface area contributed by atoms with Crippen molar-refractivity contribution in [3.8, 4) is 0 Å². The van der Waals surface area contributed by atoms with Crippen molar-refractivity contribution in [2.45, 2.75) is 77.9 Å². The molecular weight excluding hydrogens is 252 g/mol. The maximum atomic E-state index is 12.7. The molecule has 0 spiro atoms. The SMILES string of the molecule is CC(C)N(CCO)CC(=O)N(C(C)C)C1CCCCC1. The molecule has 0 heterocycles. The molecule has 4 nitrogen and oxygen atoms in total. The lowest BCUT2D eigenvalue weighted by molar-refractivity contribution is -0.138. The fourth-order valence-corrected chi connectivity index (χ4v) is 3.18. The number of carbonyl (C=O) groups is 1. The minimum absolute atomic E-state index is 0.108. The highest BCUT2D eigenvalue weighted by atomic mass is 16.3. The number of aliphatic hydroxyl groups is 1. The zero-order valence-electron chi connectivity index (χ0n) is 13.6. The van der Waals surface area contributed by atoms with Gasteiger partial charge in [0.25, 0.3) is 0 Å². The summed E-state index contributed by atoms with van der Waals surface area (Å²) in [5, 5.41) is 9.13. The third-order valence-corrected chi connectivity index (χ3v) is 4.27. The van der Waals surface area contributed by atoms with Crippen LogP contribution in [0.25, 0.3) is 0 Å². The van der Waals surface area contributed by atoms with Crippen LogP contribution in [0.1, 0.15) is 59.8 Å². The lowest BCUT2D eigenvalue weighted by atomic mass is 9.93. The highest BCUT2D eigenvalue weighted by Gasteiger charge is 2.28. The average Bonchev–Trinajstić information content (AvgIpc) is 2.39. The number of rotatable bonds is 7. The minimum atomic E-state index is 0.108. The molecule has 1 amide bonds. The molecule has 1 saturated carbocycles. The maximum absolute atomic E-state index is 12.7. The lowest BCUT2D eigenvalue weighted by Gasteiger charge is -2.39. The average molecular weight is 284 g/mol. The summed E-state index contributed by atoms with van der Waals surface area (Å²) in [5.41, 5.74) is 0. The number of aliphatic hydroxyl groups excluding tert-OH is 1. The van der Waals surface area contributed by atoms with E-state index in [4.69, 9.17) is 5.11 Å². The van der Waals surface area contributed by atoms with Crippen LogP contribution in [0.3, 0.4) is 0 Å².